The fourth-order valence-corrected chi connectivity index (χ4v) is 4.02. The van der Waals surface area contributed by atoms with Crippen LogP contribution in [-0.4, -0.2) is 40.4 Å². The number of hydrogen-bond acceptors (Lipinski definition) is 8. The molecule has 2 aliphatic rings. The van der Waals surface area contributed by atoms with Crippen LogP contribution in [0.4, 0.5) is 0 Å². The maximum atomic E-state index is 11.7. The van der Waals surface area contributed by atoms with Gasteiger partial charge in [0, 0.05) is 30.4 Å². The second-order valence-electron chi connectivity index (χ2n) is 7.13. The zero-order chi connectivity index (χ0) is 21.4. The lowest BCUT2D eigenvalue weighted by molar-refractivity contribution is -0.171. The molecule has 0 bridgehead atoms. The van der Waals surface area contributed by atoms with Crippen molar-refractivity contribution in [1.29, 1.82) is 0 Å². The zero-order valence-electron chi connectivity index (χ0n) is 17.5. The highest BCUT2D eigenvalue weighted by Gasteiger charge is 2.40. The van der Waals surface area contributed by atoms with Crippen LogP contribution in [0.3, 0.4) is 0 Å². The molecule has 0 amide bonds. The molecule has 2 heterocycles. The fourth-order valence-electron chi connectivity index (χ4n) is 4.02. The Kier molecular flexibility index (Phi) is 5.24. The molecule has 0 saturated carbocycles. The predicted molar refractivity (Wildman–Crippen MR) is 106 cm³/mol. The van der Waals surface area contributed by atoms with Crippen molar-refractivity contribution in [2.45, 2.75) is 26.1 Å². The Hall–Kier alpha value is -3.29. The van der Waals surface area contributed by atoms with Crippen LogP contribution in [0.25, 0.3) is 0 Å². The number of methoxy groups -OCH3 is 3. The summed E-state index contributed by atoms with van der Waals surface area (Å²) in [7, 11) is 4.70. The van der Waals surface area contributed by atoms with E-state index >= 15 is 0 Å². The topological polar surface area (TPSA) is 81.7 Å². The summed E-state index contributed by atoms with van der Waals surface area (Å²) >= 11 is 0. The van der Waals surface area contributed by atoms with Gasteiger partial charge in [-0.25, -0.2) is 0 Å². The fraction of sp³-hybridized carbons (Fsp3) is 0.409. The molecular formula is C22H24O8. The van der Waals surface area contributed by atoms with E-state index in [4.69, 9.17) is 33.2 Å². The van der Waals surface area contributed by atoms with Crippen LogP contribution in [0.5, 0.6) is 34.5 Å². The van der Waals surface area contributed by atoms with E-state index < -0.39 is 12.3 Å². The van der Waals surface area contributed by atoms with Gasteiger partial charge < -0.3 is 33.2 Å². The van der Waals surface area contributed by atoms with E-state index in [1.165, 1.54) is 6.92 Å². The Morgan fingerprint density at radius 1 is 0.933 bits per heavy atom. The lowest BCUT2D eigenvalue weighted by Crippen LogP contribution is -2.38. The molecule has 2 aromatic rings. The minimum absolute atomic E-state index is 0.149. The van der Waals surface area contributed by atoms with E-state index in [1.54, 1.807) is 27.4 Å². The molecule has 30 heavy (non-hydrogen) atoms. The second-order valence-corrected chi connectivity index (χ2v) is 7.13. The maximum Gasteiger partial charge on any atom is 0.305 e. The lowest BCUT2D eigenvalue weighted by atomic mass is 9.78. The normalized spacial score (nSPS) is 21.3. The standard InChI is InChI=1S/C22H24O8/c1-11-20(13-6-18(24-3)21(26-5)19(7-13)25-4)14-8-16-17(28-10-27-16)9-15(14)30-22(11)29-12(2)23/h6-9,11,20,22H,10H2,1-5H3. The first-order chi connectivity index (χ1) is 14.5. The van der Waals surface area contributed by atoms with Crippen molar-refractivity contribution in [1.82, 2.24) is 0 Å². The number of carbonyl (C=O) groups excluding carboxylic acids is 1. The predicted octanol–water partition coefficient (Wildman–Crippen LogP) is 3.49. The Morgan fingerprint density at radius 3 is 2.13 bits per heavy atom. The van der Waals surface area contributed by atoms with Crippen molar-refractivity contribution in [2.75, 3.05) is 28.1 Å². The van der Waals surface area contributed by atoms with Crippen LogP contribution in [0.1, 0.15) is 30.9 Å². The van der Waals surface area contributed by atoms with Crippen LogP contribution < -0.4 is 28.4 Å². The Bertz CT molecular complexity index is 945. The van der Waals surface area contributed by atoms with Crippen LogP contribution >= 0.6 is 0 Å². The van der Waals surface area contributed by atoms with Gasteiger partial charge in [0.1, 0.15) is 5.75 Å². The van der Waals surface area contributed by atoms with Gasteiger partial charge in [-0.2, -0.15) is 0 Å². The van der Waals surface area contributed by atoms with Gasteiger partial charge in [0.05, 0.1) is 21.3 Å². The zero-order valence-corrected chi connectivity index (χ0v) is 17.5. The van der Waals surface area contributed by atoms with Gasteiger partial charge in [0.15, 0.2) is 23.0 Å². The summed E-state index contributed by atoms with van der Waals surface area (Å²) in [6.07, 6.45) is -0.764. The van der Waals surface area contributed by atoms with E-state index in [-0.39, 0.29) is 18.6 Å². The number of benzene rings is 2. The molecule has 2 aliphatic heterocycles. The highest BCUT2D eigenvalue weighted by molar-refractivity contribution is 5.66. The number of hydrogen-bond donors (Lipinski definition) is 0. The van der Waals surface area contributed by atoms with Crippen molar-refractivity contribution < 1.29 is 38.0 Å². The molecule has 0 radical (unpaired) electrons. The van der Waals surface area contributed by atoms with Crippen LogP contribution in [0, 0.1) is 5.92 Å². The van der Waals surface area contributed by atoms with E-state index in [1.807, 2.05) is 25.1 Å². The van der Waals surface area contributed by atoms with Crippen LogP contribution in [-0.2, 0) is 9.53 Å². The van der Waals surface area contributed by atoms with E-state index in [0.717, 1.165) is 11.1 Å². The van der Waals surface area contributed by atoms with Gasteiger partial charge in [-0.1, -0.05) is 6.92 Å². The molecule has 2 aromatic carbocycles. The summed E-state index contributed by atoms with van der Waals surface area (Å²) in [5, 5.41) is 0. The summed E-state index contributed by atoms with van der Waals surface area (Å²) in [5.41, 5.74) is 1.79. The molecule has 8 heteroatoms. The third kappa shape index (κ3) is 3.32. The summed E-state index contributed by atoms with van der Waals surface area (Å²) in [5.74, 6) is 2.58. The van der Waals surface area contributed by atoms with Gasteiger partial charge in [-0.15, -0.1) is 0 Å². The average Bonchev–Trinajstić information content (AvgIpc) is 3.18. The number of carbonyl (C=O) groups is 1. The summed E-state index contributed by atoms with van der Waals surface area (Å²) in [6.45, 7) is 3.48. The first-order valence-corrected chi connectivity index (χ1v) is 9.54. The molecule has 0 aliphatic carbocycles. The average molecular weight is 416 g/mol. The van der Waals surface area contributed by atoms with Gasteiger partial charge >= 0.3 is 5.97 Å². The Morgan fingerprint density at radius 2 is 1.57 bits per heavy atom. The first kappa shape index (κ1) is 20.0. The molecule has 0 N–H and O–H groups in total. The summed E-state index contributed by atoms with van der Waals surface area (Å²) < 4.78 is 39.1. The van der Waals surface area contributed by atoms with Crippen molar-refractivity contribution in [3.63, 3.8) is 0 Å². The smallest absolute Gasteiger partial charge is 0.305 e. The highest BCUT2D eigenvalue weighted by atomic mass is 16.7. The van der Waals surface area contributed by atoms with Crippen molar-refractivity contribution >= 4 is 5.97 Å². The quantitative estimate of drug-likeness (QED) is 0.685. The van der Waals surface area contributed by atoms with Crippen LogP contribution in [0.15, 0.2) is 24.3 Å². The van der Waals surface area contributed by atoms with Crippen molar-refractivity contribution in [3.8, 4) is 34.5 Å². The van der Waals surface area contributed by atoms with Crippen molar-refractivity contribution in [3.05, 3.63) is 35.4 Å². The minimum atomic E-state index is -0.764. The number of fused-ring (bicyclic) bond motifs is 2. The van der Waals surface area contributed by atoms with E-state index in [9.17, 15) is 4.79 Å². The lowest BCUT2D eigenvalue weighted by Gasteiger charge is -2.37. The third-order valence-electron chi connectivity index (χ3n) is 5.37. The number of rotatable bonds is 5. The van der Waals surface area contributed by atoms with Gasteiger partial charge in [0.25, 0.3) is 0 Å². The monoisotopic (exact) mass is 416 g/mol. The second kappa shape index (κ2) is 7.85. The van der Waals surface area contributed by atoms with Crippen LogP contribution in [0.2, 0.25) is 0 Å². The number of esters is 1. The van der Waals surface area contributed by atoms with Gasteiger partial charge in [0.2, 0.25) is 18.8 Å². The Balaban J connectivity index is 1.88. The molecule has 0 fully saturated rings. The van der Waals surface area contributed by atoms with Gasteiger partial charge in [-0.05, 0) is 23.8 Å². The minimum Gasteiger partial charge on any atom is -0.493 e. The third-order valence-corrected chi connectivity index (χ3v) is 5.37. The summed E-state index contributed by atoms with van der Waals surface area (Å²) in [6, 6.07) is 7.47. The first-order valence-electron chi connectivity index (χ1n) is 9.54. The van der Waals surface area contributed by atoms with E-state index in [0.29, 0.717) is 34.5 Å². The molecule has 3 atom stereocenters. The summed E-state index contributed by atoms with van der Waals surface area (Å²) in [4.78, 5) is 11.7. The number of ether oxygens (including phenoxy) is 7. The SMILES string of the molecule is COc1cc(C2c3cc4c(cc3OC(OC(C)=O)C2C)OCO4)cc(OC)c1OC. The molecule has 0 saturated heterocycles. The largest absolute Gasteiger partial charge is 0.493 e. The molecule has 8 nitrogen and oxygen atoms in total. The maximum absolute atomic E-state index is 11.7. The van der Waals surface area contributed by atoms with Gasteiger partial charge in [-0.3, -0.25) is 4.79 Å². The molecule has 0 spiro atoms. The molecule has 160 valence electrons. The van der Waals surface area contributed by atoms with Crippen molar-refractivity contribution in [2.24, 2.45) is 5.92 Å². The molecular weight excluding hydrogens is 392 g/mol. The Labute approximate surface area is 174 Å². The highest BCUT2D eigenvalue weighted by Crippen LogP contribution is 2.51. The van der Waals surface area contributed by atoms with E-state index in [2.05, 4.69) is 0 Å². The molecule has 4 rings (SSSR count). The molecule has 0 aromatic heterocycles. The molecule has 3 unspecified atom stereocenters.